The van der Waals surface area contributed by atoms with Gasteiger partial charge in [0.2, 0.25) is 0 Å². The van der Waals surface area contributed by atoms with E-state index < -0.39 is 33.7 Å². The van der Waals surface area contributed by atoms with Gasteiger partial charge in [0.1, 0.15) is 5.60 Å². The number of rotatable bonds is 8. The summed E-state index contributed by atoms with van der Waals surface area (Å²) in [6, 6.07) is 22.6. The van der Waals surface area contributed by atoms with Crippen LogP contribution in [0.25, 0.3) is 10.5 Å². The predicted molar refractivity (Wildman–Crippen MR) is 143 cm³/mol. The molecule has 0 fully saturated rings. The number of benzene rings is 3. The first-order valence-corrected chi connectivity index (χ1v) is 14.6. The van der Waals surface area contributed by atoms with E-state index in [9.17, 15) is 13.2 Å². The summed E-state index contributed by atoms with van der Waals surface area (Å²) in [4.78, 5) is 12.2. The fraction of sp³-hybridized carbons (Fsp3) is 0.259. The second-order valence-corrected chi connectivity index (χ2v) is 10.4. The number of sulfonamides is 1. The Balaban J connectivity index is 0.00000211. The van der Waals surface area contributed by atoms with Crippen molar-refractivity contribution in [2.24, 2.45) is 0 Å². The van der Waals surface area contributed by atoms with Crippen LogP contribution in [0.5, 0.6) is 0 Å². The van der Waals surface area contributed by atoms with Gasteiger partial charge in [0.15, 0.2) is 0 Å². The molecule has 3 rings (SSSR count). The molecule has 0 spiro atoms. The van der Waals surface area contributed by atoms with Crippen LogP contribution in [0.3, 0.4) is 0 Å². The summed E-state index contributed by atoms with van der Waals surface area (Å²) in [5.41, 5.74) is 10.3. The summed E-state index contributed by atoms with van der Waals surface area (Å²) in [7, 11) is 0.661. The van der Waals surface area contributed by atoms with Crippen LogP contribution in [0.2, 0.25) is 0 Å². The van der Waals surface area contributed by atoms with Crippen molar-refractivity contribution in [3.05, 3.63) is 125 Å². The van der Waals surface area contributed by atoms with Crippen molar-refractivity contribution in [1.82, 2.24) is 0 Å². The Kier molecular flexibility index (Phi) is 13.0. The van der Waals surface area contributed by atoms with E-state index in [2.05, 4.69) is 14.4 Å². The van der Waals surface area contributed by atoms with Crippen molar-refractivity contribution in [1.29, 1.82) is 0 Å². The zero-order valence-electron chi connectivity index (χ0n) is 20.7. The Bertz CT molecular complexity index is 1170. The van der Waals surface area contributed by atoms with Crippen LogP contribution in [0.1, 0.15) is 59.9 Å². The Hall–Kier alpha value is -2.09. The van der Waals surface area contributed by atoms with Crippen LogP contribution < -0.4 is 0 Å². The standard InChI is InChI=1S/C26H28N2O4S.CH3.ClH.Ru/c1-26(2,3)32-25(29)22-16-14-19(15-17-22)18-33(30,31)28-24(21-12-8-5-9-13-21)23(27)20-10-6-4-7-11-20;;;/h4-17,23-24,27H,18H2,1-3H3;1H3;1H;/q-2;-1;;+4/p-1. The fourth-order valence-corrected chi connectivity index (χ4v) is 4.58. The first kappa shape index (κ1) is 31.9. The number of halogens is 1. The Morgan fingerprint density at radius 1 is 0.917 bits per heavy atom. The van der Waals surface area contributed by atoms with Crippen LogP contribution in [0, 0.1) is 7.43 Å². The van der Waals surface area contributed by atoms with Gasteiger partial charge in [-0.25, -0.2) is 13.2 Å². The molecule has 0 aromatic heterocycles. The van der Waals surface area contributed by atoms with Crippen LogP contribution in [-0.4, -0.2) is 20.0 Å². The van der Waals surface area contributed by atoms with E-state index in [0.29, 0.717) is 22.3 Å². The first-order chi connectivity index (χ1) is 16.5. The topological polar surface area (TPSA) is 98.3 Å². The third-order valence-corrected chi connectivity index (χ3v) is 6.07. The molecule has 3 aromatic rings. The number of nitrogens with one attached hydrogen (secondary N) is 1. The molecule has 0 bridgehead atoms. The van der Waals surface area contributed by atoms with Crippen molar-refractivity contribution >= 4 is 25.7 Å². The van der Waals surface area contributed by atoms with Crippen molar-refractivity contribution < 1.29 is 35.3 Å². The maximum absolute atomic E-state index is 13.0. The van der Waals surface area contributed by atoms with Gasteiger partial charge in [-0.15, -0.1) is 12.1 Å². The maximum atomic E-state index is 13.0. The van der Waals surface area contributed by atoms with Gasteiger partial charge in [0.05, 0.1) is 21.3 Å². The van der Waals surface area contributed by atoms with Crippen molar-refractivity contribution in [3.8, 4) is 0 Å². The minimum atomic E-state index is -3.91. The third-order valence-electron chi connectivity index (χ3n) is 4.83. The van der Waals surface area contributed by atoms with Crippen molar-refractivity contribution in [2.45, 2.75) is 44.2 Å². The summed E-state index contributed by atoms with van der Waals surface area (Å²) in [5, 5.41) is 0. The van der Waals surface area contributed by atoms with Gasteiger partial charge in [0, 0.05) is 0 Å². The van der Waals surface area contributed by atoms with Crippen molar-refractivity contribution in [2.75, 3.05) is 0 Å². The molecule has 6 nitrogen and oxygen atoms in total. The van der Waals surface area contributed by atoms with E-state index in [-0.39, 0.29) is 13.2 Å². The van der Waals surface area contributed by atoms with E-state index in [0.717, 1.165) is 0 Å². The molecule has 2 unspecified atom stereocenters. The molecule has 0 aliphatic rings. The minimum absolute atomic E-state index is 0. The zero-order chi connectivity index (χ0) is 26.1. The summed E-state index contributed by atoms with van der Waals surface area (Å²) in [6.07, 6.45) is 0. The van der Waals surface area contributed by atoms with Gasteiger partial charge < -0.3 is 22.6 Å². The van der Waals surface area contributed by atoms with Gasteiger partial charge in [0.25, 0.3) is 0 Å². The van der Waals surface area contributed by atoms with Crippen LogP contribution in [0.15, 0.2) is 84.9 Å². The van der Waals surface area contributed by atoms with Gasteiger partial charge in [-0.05, 0) is 38.5 Å². The van der Waals surface area contributed by atoms with Crippen LogP contribution >= 0.6 is 9.69 Å². The van der Waals surface area contributed by atoms with Crippen LogP contribution in [-0.2, 0) is 37.8 Å². The van der Waals surface area contributed by atoms with Gasteiger partial charge in [-0.3, -0.25) is 0 Å². The SMILES string of the molecule is CC(C)(C)OC(=O)c1ccc(CS(=O)(=O)[N-]C(c2ccccc2)C([NH-])c2ccccc2)cc1.[CH3-].[Cl][Ru+3]. The van der Waals surface area contributed by atoms with E-state index in [4.69, 9.17) is 10.5 Å². The molecule has 2 atom stereocenters. The summed E-state index contributed by atoms with van der Waals surface area (Å²) in [5.74, 6) is -0.794. The third kappa shape index (κ3) is 10.1. The number of carbonyl (C=O) groups excluding carboxylic acids is 1. The number of hydrogen-bond acceptors (Lipinski definition) is 4. The van der Waals surface area contributed by atoms with Gasteiger partial charge in [-0.2, -0.15) is 0 Å². The molecule has 0 amide bonds. The molecule has 3 aromatic carbocycles. The Morgan fingerprint density at radius 3 is 1.86 bits per heavy atom. The Morgan fingerprint density at radius 2 is 1.39 bits per heavy atom. The average Bonchev–Trinajstić information content (AvgIpc) is 2.83. The van der Waals surface area contributed by atoms with E-state index in [1.807, 2.05) is 41.6 Å². The quantitative estimate of drug-likeness (QED) is 0.149. The van der Waals surface area contributed by atoms with E-state index in [1.54, 1.807) is 81.4 Å². The number of esters is 1. The Labute approximate surface area is 229 Å². The molecule has 0 aliphatic heterocycles. The summed E-state index contributed by atoms with van der Waals surface area (Å²) in [6.45, 7) is 5.35. The van der Waals surface area contributed by atoms with Gasteiger partial charge >= 0.3 is 33.0 Å². The molecule has 0 radical (unpaired) electrons. The molecular weight excluding hydrogens is 585 g/mol. The van der Waals surface area contributed by atoms with Gasteiger partial charge in [-0.1, -0.05) is 83.9 Å². The molecule has 9 heteroatoms. The van der Waals surface area contributed by atoms with Crippen molar-refractivity contribution in [3.63, 3.8) is 0 Å². The number of nitrogens with zero attached hydrogens (tertiary/aromatic N) is 1. The van der Waals surface area contributed by atoms with Crippen LogP contribution in [0.4, 0.5) is 0 Å². The normalized spacial score (nSPS) is 12.8. The number of carbonyl (C=O) groups is 1. The molecule has 194 valence electrons. The molecule has 0 heterocycles. The predicted octanol–water partition coefficient (Wildman–Crippen LogP) is 7.52. The van der Waals surface area contributed by atoms with E-state index >= 15 is 0 Å². The molecular formula is C27H31ClN2O4RuS. The monoisotopic (exact) mass is 616 g/mol. The first-order valence-electron chi connectivity index (χ1n) is 10.8. The fourth-order valence-electron chi connectivity index (χ4n) is 3.30. The molecule has 0 aliphatic carbocycles. The molecule has 36 heavy (non-hydrogen) atoms. The molecule has 0 saturated carbocycles. The summed E-state index contributed by atoms with van der Waals surface area (Å²) < 4.78 is 35.5. The molecule has 1 N–H and O–H groups in total. The summed E-state index contributed by atoms with van der Waals surface area (Å²) >= 11 is 1.82. The zero-order valence-corrected chi connectivity index (χ0v) is 24.0. The number of hydrogen-bond donors (Lipinski definition) is 0. The average molecular weight is 616 g/mol. The van der Waals surface area contributed by atoms with E-state index in [1.165, 1.54) is 0 Å². The second-order valence-electron chi connectivity index (χ2n) is 8.77. The number of ether oxygens (including phenoxy) is 1. The second kappa shape index (κ2) is 14.6. The molecule has 0 saturated heterocycles.